The number of carbonyl (C=O) groups is 1. The molecule has 1 fully saturated rings. The average molecular weight is 237 g/mol. The Morgan fingerprint density at radius 3 is 2.71 bits per heavy atom. The van der Waals surface area contributed by atoms with Gasteiger partial charge < -0.3 is 15.0 Å². The molecule has 5 heteroatoms. The van der Waals surface area contributed by atoms with E-state index in [0.29, 0.717) is 32.2 Å². The van der Waals surface area contributed by atoms with Gasteiger partial charge in [0.15, 0.2) is 0 Å². The molecule has 94 valence electrons. The minimum absolute atomic E-state index is 0.160. The maximum absolute atomic E-state index is 11.9. The molecule has 0 aliphatic carbocycles. The van der Waals surface area contributed by atoms with Gasteiger partial charge in [0.25, 0.3) is 5.91 Å². The van der Waals surface area contributed by atoms with E-state index in [2.05, 4.69) is 19.2 Å². The lowest BCUT2D eigenvalue weighted by molar-refractivity contribution is -0.130. The summed E-state index contributed by atoms with van der Waals surface area (Å²) in [5.41, 5.74) is 0.160. The van der Waals surface area contributed by atoms with Crippen LogP contribution in [0.15, 0.2) is 11.8 Å². The van der Waals surface area contributed by atoms with Crippen molar-refractivity contribution >= 4 is 5.91 Å². The fraction of sp³-hybridized carbons (Fsp3) is 0.667. The molecule has 0 unspecified atom stereocenters. The van der Waals surface area contributed by atoms with Gasteiger partial charge in [-0.25, -0.2) is 0 Å². The van der Waals surface area contributed by atoms with E-state index in [-0.39, 0.29) is 11.5 Å². The van der Waals surface area contributed by atoms with Gasteiger partial charge in [0.05, 0.1) is 13.2 Å². The fourth-order valence-corrected chi connectivity index (χ4v) is 1.48. The van der Waals surface area contributed by atoms with E-state index < -0.39 is 0 Å². The third-order valence-corrected chi connectivity index (χ3v) is 2.42. The van der Waals surface area contributed by atoms with Gasteiger partial charge in [0.2, 0.25) is 0 Å². The number of hydrogen-bond donors (Lipinski definition) is 1. The molecule has 0 aromatic carbocycles. The number of carbonyl (C=O) groups excluding carboxylic acids is 1. The van der Waals surface area contributed by atoms with Crippen LogP contribution in [0.5, 0.6) is 0 Å². The van der Waals surface area contributed by atoms with Crippen LogP contribution in [0, 0.1) is 17.2 Å². The van der Waals surface area contributed by atoms with Gasteiger partial charge >= 0.3 is 0 Å². The molecule has 0 radical (unpaired) electrons. The summed E-state index contributed by atoms with van der Waals surface area (Å²) in [5, 5.41) is 11.9. The van der Waals surface area contributed by atoms with E-state index >= 15 is 0 Å². The van der Waals surface area contributed by atoms with Crippen LogP contribution in [0.4, 0.5) is 0 Å². The summed E-state index contributed by atoms with van der Waals surface area (Å²) in [5.74, 6) is 0.261. The number of hydrogen-bond acceptors (Lipinski definition) is 4. The second-order valence-corrected chi connectivity index (χ2v) is 4.38. The zero-order chi connectivity index (χ0) is 12.7. The Kier molecular flexibility index (Phi) is 5.50. The molecule has 1 saturated heterocycles. The van der Waals surface area contributed by atoms with Crippen molar-refractivity contribution in [1.82, 2.24) is 10.2 Å². The molecular formula is C12H19N3O2. The highest BCUT2D eigenvalue weighted by Gasteiger charge is 2.20. The van der Waals surface area contributed by atoms with Crippen molar-refractivity contribution in [2.75, 3.05) is 32.8 Å². The average Bonchev–Trinajstić information content (AvgIpc) is 2.34. The molecule has 5 nitrogen and oxygen atoms in total. The van der Waals surface area contributed by atoms with Crippen molar-refractivity contribution in [3.8, 4) is 6.07 Å². The van der Waals surface area contributed by atoms with Crippen molar-refractivity contribution in [2.45, 2.75) is 13.8 Å². The third-order valence-electron chi connectivity index (χ3n) is 2.42. The summed E-state index contributed by atoms with van der Waals surface area (Å²) in [6.45, 7) is 7.09. The van der Waals surface area contributed by atoms with Gasteiger partial charge in [0, 0.05) is 25.8 Å². The predicted molar refractivity (Wildman–Crippen MR) is 63.9 cm³/mol. The van der Waals surface area contributed by atoms with Gasteiger partial charge in [-0.15, -0.1) is 0 Å². The molecular weight excluding hydrogens is 218 g/mol. The summed E-state index contributed by atoms with van der Waals surface area (Å²) in [6.07, 6.45) is 1.51. The Labute approximate surface area is 102 Å². The van der Waals surface area contributed by atoms with Gasteiger partial charge in [-0.2, -0.15) is 5.26 Å². The smallest absolute Gasteiger partial charge is 0.266 e. The minimum atomic E-state index is -0.216. The van der Waals surface area contributed by atoms with Gasteiger partial charge in [-0.1, -0.05) is 13.8 Å². The maximum atomic E-state index is 11.9. The standard InChI is InChI=1S/C12H19N3O2/c1-10(2)8-14-9-11(7-13)12(16)15-3-5-17-6-4-15/h9-10,14H,3-6,8H2,1-2H3/b11-9-. The highest BCUT2D eigenvalue weighted by atomic mass is 16.5. The lowest BCUT2D eigenvalue weighted by atomic mass is 10.2. The zero-order valence-corrected chi connectivity index (χ0v) is 10.4. The Bertz CT molecular complexity index is 325. The number of amides is 1. The minimum Gasteiger partial charge on any atom is -0.389 e. The topological polar surface area (TPSA) is 65.4 Å². The summed E-state index contributed by atoms with van der Waals surface area (Å²) in [6, 6.07) is 1.94. The SMILES string of the molecule is CC(C)CN/C=C(/C#N)C(=O)N1CCOCC1. The number of ether oxygens (including phenoxy) is 1. The van der Waals surface area contributed by atoms with Crippen LogP contribution in [-0.4, -0.2) is 43.7 Å². The molecule has 1 aliphatic rings. The first-order valence-electron chi connectivity index (χ1n) is 5.85. The molecule has 17 heavy (non-hydrogen) atoms. The molecule has 0 bridgehead atoms. The molecule has 0 atom stereocenters. The second-order valence-electron chi connectivity index (χ2n) is 4.38. The predicted octanol–water partition coefficient (Wildman–Crippen LogP) is 0.498. The van der Waals surface area contributed by atoms with Crippen LogP contribution < -0.4 is 5.32 Å². The summed E-state index contributed by atoms with van der Waals surface area (Å²) in [7, 11) is 0. The van der Waals surface area contributed by atoms with Crippen LogP contribution in [0.3, 0.4) is 0 Å². The van der Waals surface area contributed by atoms with E-state index in [1.54, 1.807) is 4.90 Å². The van der Waals surface area contributed by atoms with Gasteiger partial charge in [-0.3, -0.25) is 4.79 Å². The zero-order valence-electron chi connectivity index (χ0n) is 10.4. The van der Waals surface area contributed by atoms with E-state index in [9.17, 15) is 4.79 Å². The summed E-state index contributed by atoms with van der Waals surface area (Å²) in [4.78, 5) is 13.6. The summed E-state index contributed by atoms with van der Waals surface area (Å²) < 4.78 is 5.16. The molecule has 1 amide bonds. The van der Waals surface area contributed by atoms with Crippen molar-refractivity contribution in [3.63, 3.8) is 0 Å². The van der Waals surface area contributed by atoms with E-state index in [0.717, 1.165) is 6.54 Å². The number of nitrogens with zero attached hydrogens (tertiary/aromatic N) is 2. The lowest BCUT2D eigenvalue weighted by Gasteiger charge is -2.26. The van der Waals surface area contributed by atoms with E-state index in [4.69, 9.17) is 10.00 Å². The van der Waals surface area contributed by atoms with Crippen molar-refractivity contribution in [2.24, 2.45) is 5.92 Å². The normalized spacial score (nSPS) is 16.8. The lowest BCUT2D eigenvalue weighted by Crippen LogP contribution is -2.41. The van der Waals surface area contributed by atoms with Crippen molar-refractivity contribution in [3.05, 3.63) is 11.8 Å². The maximum Gasteiger partial charge on any atom is 0.266 e. The highest BCUT2D eigenvalue weighted by Crippen LogP contribution is 2.04. The Hall–Kier alpha value is -1.54. The highest BCUT2D eigenvalue weighted by molar-refractivity contribution is 5.97. The number of morpholine rings is 1. The Balaban J connectivity index is 2.54. The van der Waals surface area contributed by atoms with Crippen LogP contribution in [0.2, 0.25) is 0 Å². The molecule has 1 N–H and O–H groups in total. The number of nitriles is 1. The number of rotatable bonds is 4. The van der Waals surface area contributed by atoms with Crippen LogP contribution in [0.25, 0.3) is 0 Å². The molecule has 0 aromatic heterocycles. The molecule has 0 spiro atoms. The first kappa shape index (κ1) is 13.5. The van der Waals surface area contributed by atoms with Gasteiger partial charge in [0.1, 0.15) is 11.6 Å². The van der Waals surface area contributed by atoms with Crippen LogP contribution >= 0.6 is 0 Å². The fourth-order valence-electron chi connectivity index (χ4n) is 1.48. The third kappa shape index (κ3) is 4.45. The second kappa shape index (κ2) is 6.92. The monoisotopic (exact) mass is 237 g/mol. The first-order chi connectivity index (χ1) is 8.15. The molecule has 1 aliphatic heterocycles. The van der Waals surface area contributed by atoms with Crippen LogP contribution in [0.1, 0.15) is 13.8 Å². The van der Waals surface area contributed by atoms with E-state index in [1.165, 1.54) is 6.20 Å². The molecule has 0 aromatic rings. The molecule has 0 saturated carbocycles. The van der Waals surface area contributed by atoms with Crippen molar-refractivity contribution in [1.29, 1.82) is 5.26 Å². The van der Waals surface area contributed by atoms with Crippen LogP contribution in [-0.2, 0) is 9.53 Å². The Morgan fingerprint density at radius 2 is 2.18 bits per heavy atom. The Morgan fingerprint density at radius 1 is 1.53 bits per heavy atom. The summed E-state index contributed by atoms with van der Waals surface area (Å²) >= 11 is 0. The first-order valence-corrected chi connectivity index (χ1v) is 5.85. The quantitative estimate of drug-likeness (QED) is 0.571. The van der Waals surface area contributed by atoms with Crippen molar-refractivity contribution < 1.29 is 9.53 Å². The largest absolute Gasteiger partial charge is 0.389 e. The molecule has 1 heterocycles. The van der Waals surface area contributed by atoms with E-state index in [1.807, 2.05) is 6.07 Å². The number of nitrogens with one attached hydrogen (secondary N) is 1. The van der Waals surface area contributed by atoms with Gasteiger partial charge in [-0.05, 0) is 5.92 Å². The molecule has 1 rings (SSSR count).